The van der Waals surface area contributed by atoms with Gasteiger partial charge in [0.2, 0.25) is 5.91 Å². The molecular formula is C23H23F2N3O4. The number of carbonyl (C=O) groups is 2. The van der Waals surface area contributed by atoms with E-state index in [1.807, 2.05) is 26.0 Å². The van der Waals surface area contributed by atoms with Crippen molar-refractivity contribution in [2.24, 2.45) is 0 Å². The monoisotopic (exact) mass is 443 g/mol. The van der Waals surface area contributed by atoms with Gasteiger partial charge in [-0.15, -0.1) is 0 Å². The SMILES string of the molecule is Cc1cccc(O[C@H](C)C(=O)NNC(=O)CCc2ncc(-c3c(F)cccc3F)o2)c1C. The Morgan fingerprint density at radius 3 is 2.50 bits per heavy atom. The molecule has 0 spiro atoms. The van der Waals surface area contributed by atoms with E-state index in [4.69, 9.17) is 9.15 Å². The molecule has 0 radical (unpaired) electrons. The summed E-state index contributed by atoms with van der Waals surface area (Å²) < 4.78 is 38.7. The summed E-state index contributed by atoms with van der Waals surface area (Å²) in [5.74, 6) is -1.90. The maximum absolute atomic E-state index is 13.8. The predicted octanol–water partition coefficient (Wildman–Crippen LogP) is 3.78. The van der Waals surface area contributed by atoms with Gasteiger partial charge < -0.3 is 9.15 Å². The van der Waals surface area contributed by atoms with Crippen molar-refractivity contribution in [1.29, 1.82) is 0 Å². The largest absolute Gasteiger partial charge is 0.481 e. The van der Waals surface area contributed by atoms with Gasteiger partial charge in [0.25, 0.3) is 5.91 Å². The van der Waals surface area contributed by atoms with Crippen LogP contribution in [-0.4, -0.2) is 22.9 Å². The number of benzene rings is 2. The molecule has 0 aliphatic carbocycles. The first kappa shape index (κ1) is 22.9. The van der Waals surface area contributed by atoms with E-state index >= 15 is 0 Å². The average Bonchev–Trinajstić information content (AvgIpc) is 3.22. The second kappa shape index (κ2) is 10.0. The zero-order valence-corrected chi connectivity index (χ0v) is 17.9. The van der Waals surface area contributed by atoms with Crippen molar-refractivity contribution < 1.29 is 27.5 Å². The van der Waals surface area contributed by atoms with Gasteiger partial charge >= 0.3 is 0 Å². The molecule has 3 rings (SSSR count). The first-order valence-electron chi connectivity index (χ1n) is 9.97. The number of carbonyl (C=O) groups excluding carboxylic acids is 2. The van der Waals surface area contributed by atoms with Crippen molar-refractivity contribution in [1.82, 2.24) is 15.8 Å². The van der Waals surface area contributed by atoms with Gasteiger partial charge in [-0.25, -0.2) is 13.8 Å². The zero-order valence-electron chi connectivity index (χ0n) is 17.9. The van der Waals surface area contributed by atoms with Crippen LogP contribution in [0.1, 0.15) is 30.4 Å². The lowest BCUT2D eigenvalue weighted by Crippen LogP contribution is -2.47. The Morgan fingerprint density at radius 1 is 1.09 bits per heavy atom. The van der Waals surface area contributed by atoms with Crippen molar-refractivity contribution in [3.05, 3.63) is 71.2 Å². The van der Waals surface area contributed by atoms with Gasteiger partial charge in [-0.2, -0.15) is 0 Å². The van der Waals surface area contributed by atoms with Crippen molar-refractivity contribution in [3.63, 3.8) is 0 Å². The molecule has 1 aromatic heterocycles. The zero-order chi connectivity index (χ0) is 23.3. The van der Waals surface area contributed by atoms with E-state index < -0.39 is 29.6 Å². The number of nitrogens with one attached hydrogen (secondary N) is 2. The maximum atomic E-state index is 13.8. The van der Waals surface area contributed by atoms with Crippen LogP contribution in [0.2, 0.25) is 0 Å². The van der Waals surface area contributed by atoms with Crippen molar-refractivity contribution in [2.75, 3.05) is 0 Å². The second-order valence-electron chi connectivity index (χ2n) is 7.21. The number of hydrogen-bond acceptors (Lipinski definition) is 5. The number of amides is 2. The summed E-state index contributed by atoms with van der Waals surface area (Å²) in [5.41, 5.74) is 6.25. The molecule has 0 bridgehead atoms. The maximum Gasteiger partial charge on any atom is 0.279 e. The molecule has 7 nitrogen and oxygen atoms in total. The lowest BCUT2D eigenvalue weighted by atomic mass is 10.1. The molecule has 0 aliphatic heterocycles. The van der Waals surface area contributed by atoms with E-state index in [0.29, 0.717) is 5.75 Å². The molecule has 0 saturated carbocycles. The smallest absolute Gasteiger partial charge is 0.279 e. The number of halogens is 2. The van der Waals surface area contributed by atoms with Crippen LogP contribution in [0.5, 0.6) is 5.75 Å². The third kappa shape index (κ3) is 5.48. The van der Waals surface area contributed by atoms with Crippen LogP contribution in [0.4, 0.5) is 8.78 Å². The Morgan fingerprint density at radius 2 is 1.78 bits per heavy atom. The Bertz CT molecular complexity index is 1110. The number of hydrogen-bond donors (Lipinski definition) is 2. The van der Waals surface area contributed by atoms with Crippen LogP contribution >= 0.6 is 0 Å². The lowest BCUT2D eigenvalue weighted by Gasteiger charge is -2.17. The minimum absolute atomic E-state index is 0.0633. The van der Waals surface area contributed by atoms with Crippen LogP contribution in [-0.2, 0) is 16.0 Å². The number of ether oxygens (including phenoxy) is 1. The van der Waals surface area contributed by atoms with E-state index in [0.717, 1.165) is 23.3 Å². The number of nitrogens with zero attached hydrogens (tertiary/aromatic N) is 1. The molecular weight excluding hydrogens is 420 g/mol. The minimum Gasteiger partial charge on any atom is -0.481 e. The summed E-state index contributed by atoms with van der Waals surface area (Å²) in [5, 5.41) is 0. The van der Waals surface area contributed by atoms with E-state index in [1.54, 1.807) is 13.0 Å². The highest BCUT2D eigenvalue weighted by Crippen LogP contribution is 2.26. The molecule has 2 N–H and O–H groups in total. The van der Waals surface area contributed by atoms with Gasteiger partial charge in [0.1, 0.15) is 17.4 Å². The summed E-state index contributed by atoms with van der Waals surface area (Å²) in [7, 11) is 0. The van der Waals surface area contributed by atoms with Crippen LogP contribution < -0.4 is 15.6 Å². The van der Waals surface area contributed by atoms with Gasteiger partial charge in [0.05, 0.1) is 11.8 Å². The van der Waals surface area contributed by atoms with Crippen LogP contribution in [0.25, 0.3) is 11.3 Å². The van der Waals surface area contributed by atoms with Crippen LogP contribution in [0.15, 0.2) is 47.0 Å². The fraction of sp³-hybridized carbons (Fsp3) is 0.261. The molecule has 9 heteroatoms. The molecule has 0 unspecified atom stereocenters. The minimum atomic E-state index is -0.833. The number of hydrazine groups is 1. The molecule has 2 amide bonds. The molecule has 0 aliphatic rings. The highest BCUT2D eigenvalue weighted by molar-refractivity contribution is 5.84. The lowest BCUT2D eigenvalue weighted by molar-refractivity contribution is -0.132. The van der Waals surface area contributed by atoms with Gasteiger partial charge in [0.15, 0.2) is 17.8 Å². The number of aromatic nitrogens is 1. The summed E-state index contributed by atoms with van der Waals surface area (Å²) >= 11 is 0. The van der Waals surface area contributed by atoms with Crippen molar-refractivity contribution >= 4 is 11.8 Å². The third-order valence-corrected chi connectivity index (χ3v) is 4.88. The van der Waals surface area contributed by atoms with E-state index in [2.05, 4.69) is 15.8 Å². The predicted molar refractivity (Wildman–Crippen MR) is 112 cm³/mol. The first-order valence-corrected chi connectivity index (χ1v) is 9.97. The van der Waals surface area contributed by atoms with Gasteiger partial charge in [-0.1, -0.05) is 18.2 Å². The third-order valence-electron chi connectivity index (χ3n) is 4.88. The van der Waals surface area contributed by atoms with Gasteiger partial charge in [0, 0.05) is 12.8 Å². The molecule has 1 atom stereocenters. The highest BCUT2D eigenvalue weighted by Gasteiger charge is 2.18. The fourth-order valence-electron chi connectivity index (χ4n) is 2.89. The fourth-order valence-corrected chi connectivity index (χ4v) is 2.89. The van der Waals surface area contributed by atoms with E-state index in [-0.39, 0.29) is 30.1 Å². The van der Waals surface area contributed by atoms with Crippen LogP contribution in [0, 0.1) is 25.5 Å². The van der Waals surface area contributed by atoms with Crippen LogP contribution in [0.3, 0.4) is 0 Å². The Kier molecular flexibility index (Phi) is 7.19. The molecule has 0 saturated heterocycles. The van der Waals surface area contributed by atoms with E-state index in [1.165, 1.54) is 12.3 Å². The Labute approximate surface area is 183 Å². The Hall–Kier alpha value is -3.75. The molecule has 2 aromatic carbocycles. The summed E-state index contributed by atoms with van der Waals surface area (Å²) in [6.07, 6.45) is 0.377. The average molecular weight is 443 g/mol. The van der Waals surface area contributed by atoms with Crippen molar-refractivity contribution in [2.45, 2.75) is 39.7 Å². The quantitative estimate of drug-likeness (QED) is 0.542. The topological polar surface area (TPSA) is 93.5 Å². The molecule has 32 heavy (non-hydrogen) atoms. The first-order chi connectivity index (χ1) is 15.3. The molecule has 0 fully saturated rings. The molecule has 3 aromatic rings. The van der Waals surface area contributed by atoms with Crippen molar-refractivity contribution in [3.8, 4) is 17.1 Å². The standard InChI is InChI=1S/C23H23F2N3O4/c1-13-6-4-9-18(14(13)2)31-15(3)23(30)28-27-20(29)10-11-21-26-12-19(32-21)22-16(24)7-5-8-17(22)25/h4-9,12,15H,10-11H2,1-3H3,(H,27,29)(H,28,30)/t15-/m1/s1. The number of aryl methyl sites for hydroxylation is 2. The Balaban J connectivity index is 1.48. The second-order valence-corrected chi connectivity index (χ2v) is 7.21. The number of oxazole rings is 1. The molecule has 1 heterocycles. The molecule has 168 valence electrons. The summed E-state index contributed by atoms with van der Waals surface area (Å²) in [6.45, 7) is 5.40. The summed E-state index contributed by atoms with van der Waals surface area (Å²) in [6, 6.07) is 9.01. The van der Waals surface area contributed by atoms with E-state index in [9.17, 15) is 18.4 Å². The number of rotatable bonds is 7. The highest BCUT2D eigenvalue weighted by atomic mass is 19.1. The normalized spacial score (nSPS) is 11.7. The van der Waals surface area contributed by atoms with Gasteiger partial charge in [-0.3, -0.25) is 20.4 Å². The van der Waals surface area contributed by atoms with Gasteiger partial charge in [-0.05, 0) is 50.1 Å². The summed E-state index contributed by atoms with van der Waals surface area (Å²) in [4.78, 5) is 28.2.